The number of benzene rings is 8. The fourth-order valence-electron chi connectivity index (χ4n) is 17.7. The number of ether oxygens (including phenoxy) is 8. The maximum absolute atomic E-state index is 7.14. The van der Waals surface area contributed by atoms with Crippen LogP contribution in [0.3, 0.4) is 0 Å². The Balaban J connectivity index is 1.22. The summed E-state index contributed by atoms with van der Waals surface area (Å²) in [5, 5.41) is 0. The van der Waals surface area contributed by atoms with Gasteiger partial charge in [-0.15, -0.1) is 0 Å². The van der Waals surface area contributed by atoms with Crippen LogP contribution in [0.1, 0.15) is 265 Å². The highest BCUT2D eigenvalue weighted by Gasteiger charge is 2.38. The van der Waals surface area contributed by atoms with Gasteiger partial charge in [0.2, 0.25) is 0 Å². The lowest BCUT2D eigenvalue weighted by atomic mass is 9.74. The van der Waals surface area contributed by atoms with Crippen molar-refractivity contribution in [2.45, 2.75) is 176 Å². The summed E-state index contributed by atoms with van der Waals surface area (Å²) in [6, 6.07) is 54.7. The first-order valence-electron chi connectivity index (χ1n) is 38.4. The maximum Gasteiger partial charge on any atom is 0.134 e. The largest absolute Gasteiger partial charge is 0.489 e. The van der Waals surface area contributed by atoms with E-state index in [0.29, 0.717) is 69.7 Å². The van der Waals surface area contributed by atoms with Crippen molar-refractivity contribution in [3.63, 3.8) is 0 Å². The van der Waals surface area contributed by atoms with E-state index in [2.05, 4.69) is 180 Å². The number of fused-ring (bicyclic) bond motifs is 8. The van der Waals surface area contributed by atoms with Gasteiger partial charge < -0.3 is 37.9 Å². The van der Waals surface area contributed by atoms with Crippen molar-refractivity contribution >= 4 is 0 Å². The highest BCUT2D eigenvalue weighted by Crippen LogP contribution is 2.56. The molecule has 0 spiro atoms. The zero-order chi connectivity index (χ0) is 71.7. The summed E-state index contributed by atoms with van der Waals surface area (Å²) in [6.45, 7) is 34.7. The third-order valence-electron chi connectivity index (χ3n) is 22.7. The van der Waals surface area contributed by atoms with E-state index in [9.17, 15) is 0 Å². The minimum atomic E-state index is -0.613. The molecule has 0 saturated heterocycles. The Bertz CT molecular complexity index is 4030. The highest BCUT2D eigenvalue weighted by atomic mass is 16.5. The summed E-state index contributed by atoms with van der Waals surface area (Å²) in [5.41, 5.74) is 16.2. The van der Waals surface area contributed by atoms with Gasteiger partial charge in [-0.2, -0.15) is 0 Å². The highest BCUT2D eigenvalue weighted by molar-refractivity contribution is 5.69. The van der Waals surface area contributed by atoms with E-state index in [0.717, 1.165) is 118 Å². The first-order chi connectivity index (χ1) is 51.3. The second-order valence-electron chi connectivity index (χ2n) is 29.0. The minimum absolute atomic E-state index is 0.202. The predicted octanol–water partition coefficient (Wildman–Crippen LogP) is 25.3. The molecule has 0 aromatic heterocycles. The summed E-state index contributed by atoms with van der Waals surface area (Å²) in [7, 11) is 0. The van der Waals surface area contributed by atoms with Gasteiger partial charge in [0, 0.05) is 92.4 Å². The van der Waals surface area contributed by atoms with Crippen LogP contribution < -0.4 is 37.9 Å². The van der Waals surface area contributed by atoms with Gasteiger partial charge in [-0.3, -0.25) is 0 Å². The molecule has 8 aromatic rings. The smallest absolute Gasteiger partial charge is 0.134 e. The van der Waals surface area contributed by atoms with E-state index in [4.69, 9.17) is 37.9 Å². The van der Waals surface area contributed by atoms with Crippen LogP contribution in [0.15, 0.2) is 248 Å². The first kappa shape index (κ1) is 72.4. The van der Waals surface area contributed by atoms with Gasteiger partial charge in [-0.25, -0.2) is 0 Å². The first-order valence-corrected chi connectivity index (χ1v) is 38.4. The fraction of sp³-hybridized carbons (Fsp3) is 0.333. The fourth-order valence-corrected chi connectivity index (χ4v) is 17.7. The van der Waals surface area contributed by atoms with Crippen LogP contribution in [0.25, 0.3) is 0 Å². The summed E-state index contributed by atoms with van der Waals surface area (Å²) < 4.78 is 55.9. The maximum atomic E-state index is 7.14. The Morgan fingerprint density at radius 3 is 0.587 bits per heavy atom. The van der Waals surface area contributed by atoms with Gasteiger partial charge in [0.1, 0.15) is 72.4 Å². The topological polar surface area (TPSA) is 73.8 Å². The summed E-state index contributed by atoms with van der Waals surface area (Å²) >= 11 is 0. The quantitative estimate of drug-likeness (QED) is 0.0355. The number of rotatable bonds is 28. The lowest BCUT2D eigenvalue weighted by Gasteiger charge is -2.32. The molecule has 0 N–H and O–H groups in total. The van der Waals surface area contributed by atoms with Crippen LogP contribution in [-0.4, -0.2) is 26.4 Å². The van der Waals surface area contributed by atoms with Crippen molar-refractivity contribution in [2.24, 2.45) is 0 Å². The molecule has 5 aliphatic rings. The Kier molecular flexibility index (Phi) is 24.4. The molecule has 104 heavy (non-hydrogen) atoms. The molecule has 8 nitrogen and oxygen atoms in total. The Morgan fingerprint density at radius 1 is 0.221 bits per heavy atom. The molecule has 536 valence electrons. The molecular formula is C96H104O8. The standard InChI is InChI=1S/C96H104O8/c1-9-53-101-89-62-87(99-15-7)79-58-81(89)95(75-49-41-71(42-50-75)67-33-25-19-26-34-67)83-60-84(92(104-56-12-4)64-91(83)103-55-11-3)96(76-51-43-72(44-52-76)68-35-27-20-28-36-68)82-59-80(88(100-16-8)63-90(82)102-54-10-2)94(74-47-39-70(40-48-74)66-31-23-18-24-32-66)78-57-77(85(97-13-5)61-86(78)98-14-6)93(79)73-45-37-69(38-46-73)65-29-21-17-22-30-65/h9-16,37-52,57-68,93-96H,1-8,17-36,53-56H2. The van der Waals surface area contributed by atoms with E-state index in [-0.39, 0.29) is 26.4 Å². The van der Waals surface area contributed by atoms with Crippen LogP contribution in [0.4, 0.5) is 0 Å². The molecule has 13 rings (SSSR count). The molecule has 0 heterocycles. The molecule has 8 heteroatoms. The van der Waals surface area contributed by atoms with Crippen LogP contribution in [-0.2, 0) is 0 Å². The van der Waals surface area contributed by atoms with Crippen LogP contribution in [0, 0.1) is 0 Å². The molecule has 4 fully saturated rings. The van der Waals surface area contributed by atoms with E-state index in [1.165, 1.54) is 124 Å². The third kappa shape index (κ3) is 16.1. The molecule has 0 amide bonds. The second kappa shape index (κ2) is 35.0. The van der Waals surface area contributed by atoms with Gasteiger partial charge in [0.25, 0.3) is 0 Å². The van der Waals surface area contributed by atoms with Crippen molar-refractivity contribution in [1.82, 2.24) is 0 Å². The predicted molar refractivity (Wildman–Crippen MR) is 425 cm³/mol. The second-order valence-corrected chi connectivity index (χ2v) is 29.0. The summed E-state index contributed by atoms with van der Waals surface area (Å²) in [6.07, 6.45) is 37.2. The van der Waals surface area contributed by atoms with Gasteiger partial charge in [-0.1, -0.05) is 251 Å². The summed E-state index contributed by atoms with van der Waals surface area (Å²) in [4.78, 5) is 0. The Hall–Kier alpha value is -9.92. The van der Waals surface area contributed by atoms with Crippen LogP contribution in [0.2, 0.25) is 0 Å². The minimum Gasteiger partial charge on any atom is -0.489 e. The molecule has 8 aromatic carbocycles. The normalized spacial score (nSPS) is 18.7. The monoisotopic (exact) mass is 1380 g/mol. The zero-order valence-corrected chi connectivity index (χ0v) is 61.0. The Morgan fingerprint density at radius 2 is 0.394 bits per heavy atom. The van der Waals surface area contributed by atoms with E-state index >= 15 is 0 Å². The van der Waals surface area contributed by atoms with E-state index in [1.54, 1.807) is 24.3 Å². The van der Waals surface area contributed by atoms with Crippen molar-refractivity contribution in [1.29, 1.82) is 0 Å². The molecular weight excluding hydrogens is 1280 g/mol. The molecule has 4 unspecified atom stereocenters. The van der Waals surface area contributed by atoms with Crippen LogP contribution >= 0.6 is 0 Å². The average molecular weight is 1390 g/mol. The lowest BCUT2D eigenvalue weighted by molar-refractivity contribution is 0.337. The van der Waals surface area contributed by atoms with Gasteiger partial charge in [0.05, 0.1) is 25.0 Å². The van der Waals surface area contributed by atoms with Gasteiger partial charge in [-0.05, 0) is 144 Å². The number of hydrogen-bond donors (Lipinski definition) is 0. The van der Waals surface area contributed by atoms with E-state index < -0.39 is 23.7 Å². The zero-order valence-electron chi connectivity index (χ0n) is 61.0. The van der Waals surface area contributed by atoms with Gasteiger partial charge in [0.15, 0.2) is 0 Å². The molecule has 0 aliphatic heterocycles. The molecule has 8 bridgehead atoms. The van der Waals surface area contributed by atoms with Crippen molar-refractivity contribution in [2.75, 3.05) is 26.4 Å². The molecule has 4 atom stereocenters. The lowest BCUT2D eigenvalue weighted by Crippen LogP contribution is -2.17. The van der Waals surface area contributed by atoms with Crippen LogP contribution in [0.5, 0.6) is 46.0 Å². The molecule has 0 radical (unpaired) electrons. The SMILES string of the molecule is C=CCOc1cc(OC=C)c2cc1C(c1ccc(C3CCCCC3)cc1)c1cc(c(OCC=C)cc1OCC=C)C(c1ccc(C3CCCCC3)cc1)c1cc(c(OC=C)cc1OCC=C)C(c1ccc(C3CCCCC3)cc1)c1cc(c(OC=C)cc1OC=C)C2c1ccc(C2CCCCC2)cc1. The van der Waals surface area contributed by atoms with E-state index in [1.807, 2.05) is 18.2 Å². The van der Waals surface area contributed by atoms with Crippen molar-refractivity contribution in [3.8, 4) is 46.0 Å². The average Bonchev–Trinajstić information content (AvgIpc) is 0.734. The molecule has 4 saturated carbocycles. The van der Waals surface area contributed by atoms with Gasteiger partial charge >= 0.3 is 0 Å². The Labute approximate surface area is 619 Å². The summed E-state index contributed by atoms with van der Waals surface area (Å²) in [5.74, 6) is 3.97. The van der Waals surface area contributed by atoms with Crippen molar-refractivity contribution < 1.29 is 37.9 Å². The van der Waals surface area contributed by atoms with Crippen molar-refractivity contribution in [3.05, 3.63) is 337 Å². The number of hydrogen-bond acceptors (Lipinski definition) is 8. The third-order valence-corrected chi connectivity index (χ3v) is 22.7. The molecule has 5 aliphatic carbocycles.